The lowest BCUT2D eigenvalue weighted by Gasteiger charge is -2.09. The predicted octanol–water partition coefficient (Wildman–Crippen LogP) is 3.68. The van der Waals surface area contributed by atoms with Crippen LogP contribution in [0.4, 0.5) is 5.69 Å². The van der Waals surface area contributed by atoms with E-state index >= 15 is 0 Å². The molecule has 0 fully saturated rings. The molecule has 0 spiro atoms. The summed E-state index contributed by atoms with van der Waals surface area (Å²) in [5, 5.41) is 3.68. The van der Waals surface area contributed by atoms with Gasteiger partial charge < -0.3 is 5.32 Å². The van der Waals surface area contributed by atoms with E-state index in [-0.39, 0.29) is 23.9 Å². The number of carbonyl (C=O) groups is 1. The van der Waals surface area contributed by atoms with Crippen molar-refractivity contribution in [2.45, 2.75) is 26.3 Å². The van der Waals surface area contributed by atoms with E-state index in [4.69, 9.17) is 0 Å². The molecule has 0 unspecified atom stereocenters. The second kappa shape index (κ2) is 7.92. The lowest BCUT2D eigenvalue weighted by atomic mass is 10.1. The van der Waals surface area contributed by atoms with Gasteiger partial charge in [-0.1, -0.05) is 25.2 Å². The highest BCUT2D eigenvalue weighted by atomic mass is 32.1. The summed E-state index contributed by atoms with van der Waals surface area (Å²) in [5.41, 5.74) is 2.95. The molecular formula is C21H19N5O2S. The quantitative estimate of drug-likeness (QED) is 0.547. The van der Waals surface area contributed by atoms with Gasteiger partial charge in [0.15, 0.2) is 0 Å². The average Bonchev–Trinajstić information content (AvgIpc) is 3.14. The zero-order chi connectivity index (χ0) is 20.4. The van der Waals surface area contributed by atoms with Crippen LogP contribution in [0.2, 0.25) is 0 Å². The first-order valence-electron chi connectivity index (χ1n) is 9.18. The maximum atomic E-state index is 12.3. The number of carbonyl (C=O) groups excluding carboxylic acids is 1. The molecule has 0 radical (unpaired) electrons. The number of anilines is 1. The first-order valence-corrected chi connectivity index (χ1v) is 9.99. The molecule has 3 heterocycles. The zero-order valence-corrected chi connectivity index (χ0v) is 16.8. The molecule has 146 valence electrons. The fourth-order valence-electron chi connectivity index (χ4n) is 2.82. The van der Waals surface area contributed by atoms with E-state index in [0.717, 1.165) is 20.9 Å². The van der Waals surface area contributed by atoms with Crippen LogP contribution >= 0.6 is 11.3 Å². The lowest BCUT2D eigenvalue weighted by Crippen LogP contribution is -2.28. The summed E-state index contributed by atoms with van der Waals surface area (Å²) >= 11 is 1.52. The van der Waals surface area contributed by atoms with Gasteiger partial charge in [0.1, 0.15) is 21.9 Å². The molecule has 4 aromatic rings. The van der Waals surface area contributed by atoms with E-state index in [0.29, 0.717) is 11.4 Å². The second-order valence-corrected chi connectivity index (χ2v) is 7.88. The molecule has 0 saturated carbocycles. The predicted molar refractivity (Wildman–Crippen MR) is 114 cm³/mol. The maximum Gasteiger partial charge on any atom is 0.254 e. The summed E-state index contributed by atoms with van der Waals surface area (Å²) in [6.07, 6.45) is 3.17. The number of hydrogen-bond donors (Lipinski definition) is 1. The van der Waals surface area contributed by atoms with Gasteiger partial charge in [-0.05, 0) is 42.3 Å². The number of thiazole rings is 1. The van der Waals surface area contributed by atoms with Crippen molar-refractivity contribution in [1.82, 2.24) is 19.5 Å². The molecule has 1 aromatic carbocycles. The number of nitrogens with zero attached hydrogens (tertiary/aromatic N) is 4. The molecule has 0 aliphatic rings. The summed E-state index contributed by atoms with van der Waals surface area (Å²) in [6, 6.07) is 12.7. The molecule has 8 heteroatoms. The number of aromatic nitrogens is 4. The Balaban J connectivity index is 1.44. The Kier molecular flexibility index (Phi) is 5.18. The Bertz CT molecular complexity index is 1190. The van der Waals surface area contributed by atoms with Gasteiger partial charge in [0.2, 0.25) is 5.91 Å². The van der Waals surface area contributed by atoms with Crippen molar-refractivity contribution in [2.75, 3.05) is 5.32 Å². The molecule has 3 aromatic heterocycles. The molecule has 0 aliphatic carbocycles. The highest BCUT2D eigenvalue weighted by Gasteiger charge is 2.10. The minimum absolute atomic E-state index is 0.0878. The second-order valence-electron chi connectivity index (χ2n) is 6.91. The monoisotopic (exact) mass is 405 g/mol. The summed E-state index contributed by atoms with van der Waals surface area (Å²) in [4.78, 5) is 38.5. The van der Waals surface area contributed by atoms with Crippen molar-refractivity contribution in [2.24, 2.45) is 0 Å². The van der Waals surface area contributed by atoms with E-state index in [1.807, 2.05) is 50.2 Å². The number of amides is 1. The highest BCUT2D eigenvalue weighted by molar-refractivity contribution is 7.21. The molecular weight excluding hydrogens is 386 g/mol. The van der Waals surface area contributed by atoms with Crippen LogP contribution < -0.4 is 10.9 Å². The maximum absolute atomic E-state index is 12.3. The van der Waals surface area contributed by atoms with Crippen LogP contribution in [0, 0.1) is 0 Å². The number of fused-ring (bicyclic) bond motifs is 1. The van der Waals surface area contributed by atoms with Gasteiger partial charge in [0.05, 0.1) is 12.0 Å². The number of rotatable bonds is 5. The van der Waals surface area contributed by atoms with Crippen LogP contribution in [-0.2, 0) is 11.3 Å². The smallest absolute Gasteiger partial charge is 0.254 e. The zero-order valence-electron chi connectivity index (χ0n) is 16.0. The van der Waals surface area contributed by atoms with Crippen molar-refractivity contribution in [3.8, 4) is 10.6 Å². The molecule has 0 atom stereocenters. The summed E-state index contributed by atoms with van der Waals surface area (Å²) in [6.45, 7) is 3.84. The van der Waals surface area contributed by atoms with Crippen molar-refractivity contribution in [1.29, 1.82) is 0 Å². The molecule has 29 heavy (non-hydrogen) atoms. The molecule has 1 N–H and O–H groups in total. The number of benzene rings is 1. The fourth-order valence-corrected chi connectivity index (χ4v) is 3.73. The van der Waals surface area contributed by atoms with Crippen molar-refractivity contribution >= 4 is 33.3 Å². The van der Waals surface area contributed by atoms with Crippen LogP contribution in [-0.4, -0.2) is 25.4 Å². The van der Waals surface area contributed by atoms with E-state index < -0.39 is 0 Å². The molecule has 0 saturated heterocycles. The molecule has 1 amide bonds. The van der Waals surface area contributed by atoms with Gasteiger partial charge in [-0.2, -0.15) is 0 Å². The van der Waals surface area contributed by atoms with E-state index in [1.165, 1.54) is 28.3 Å². The fraction of sp³-hybridized carbons (Fsp3) is 0.190. The SMILES string of the molecule is CC(C)c1cc(=O)n(CC(=O)Nc2ccc(-c3nc4cccnc4s3)cc2)cn1. The lowest BCUT2D eigenvalue weighted by molar-refractivity contribution is -0.116. The highest BCUT2D eigenvalue weighted by Crippen LogP contribution is 2.29. The Morgan fingerprint density at radius 3 is 2.66 bits per heavy atom. The summed E-state index contributed by atoms with van der Waals surface area (Å²) < 4.78 is 1.30. The summed E-state index contributed by atoms with van der Waals surface area (Å²) in [5.74, 6) is -0.126. The molecule has 4 rings (SSSR count). The van der Waals surface area contributed by atoms with Crippen LogP contribution in [0.1, 0.15) is 25.5 Å². The molecule has 7 nitrogen and oxygen atoms in total. The number of hydrogen-bond acceptors (Lipinski definition) is 6. The van der Waals surface area contributed by atoms with Gasteiger partial charge in [0.25, 0.3) is 5.56 Å². The van der Waals surface area contributed by atoms with Crippen LogP contribution in [0.15, 0.2) is 59.8 Å². The summed E-state index contributed by atoms with van der Waals surface area (Å²) in [7, 11) is 0. The van der Waals surface area contributed by atoms with Gasteiger partial charge in [-0.3, -0.25) is 14.2 Å². The van der Waals surface area contributed by atoms with Gasteiger partial charge in [0, 0.05) is 23.5 Å². The normalized spacial score (nSPS) is 11.1. The van der Waals surface area contributed by atoms with Crippen molar-refractivity contribution < 1.29 is 4.79 Å². The minimum Gasteiger partial charge on any atom is -0.325 e. The molecule has 0 aliphatic heterocycles. The largest absolute Gasteiger partial charge is 0.325 e. The first kappa shape index (κ1) is 18.9. The van der Waals surface area contributed by atoms with Crippen LogP contribution in [0.5, 0.6) is 0 Å². The average molecular weight is 405 g/mol. The van der Waals surface area contributed by atoms with Crippen LogP contribution in [0.25, 0.3) is 20.9 Å². The minimum atomic E-state index is -0.289. The third kappa shape index (κ3) is 4.22. The third-order valence-electron chi connectivity index (χ3n) is 4.39. The molecule has 0 bridgehead atoms. The van der Waals surface area contributed by atoms with Crippen LogP contribution in [0.3, 0.4) is 0 Å². The van der Waals surface area contributed by atoms with Crippen molar-refractivity contribution in [3.05, 3.63) is 71.0 Å². The number of pyridine rings is 1. The topological polar surface area (TPSA) is 89.8 Å². The van der Waals surface area contributed by atoms with E-state index in [2.05, 4.69) is 20.3 Å². The Labute approximate surface area is 171 Å². The Morgan fingerprint density at radius 2 is 1.97 bits per heavy atom. The number of nitrogens with one attached hydrogen (secondary N) is 1. The van der Waals surface area contributed by atoms with E-state index in [9.17, 15) is 9.59 Å². The van der Waals surface area contributed by atoms with E-state index in [1.54, 1.807) is 6.20 Å². The standard InChI is InChI=1S/C21H19N5O2S/c1-13(2)17-10-19(28)26(12-23-17)11-18(27)24-15-7-5-14(6-8-15)20-25-16-4-3-9-22-21(16)29-20/h3-10,12-13H,11H2,1-2H3,(H,24,27). The first-order chi connectivity index (χ1) is 14.0. The van der Waals surface area contributed by atoms with Gasteiger partial charge >= 0.3 is 0 Å². The van der Waals surface area contributed by atoms with Gasteiger partial charge in [-0.15, -0.1) is 0 Å². The third-order valence-corrected chi connectivity index (χ3v) is 5.42. The Hall–Kier alpha value is -3.39. The van der Waals surface area contributed by atoms with Gasteiger partial charge in [-0.25, -0.2) is 15.0 Å². The Morgan fingerprint density at radius 1 is 1.17 bits per heavy atom. The van der Waals surface area contributed by atoms with Crippen molar-refractivity contribution in [3.63, 3.8) is 0 Å².